The van der Waals surface area contributed by atoms with Crippen LogP contribution in [0, 0.1) is 0 Å². The Hall–Kier alpha value is -4.94. The van der Waals surface area contributed by atoms with Gasteiger partial charge in [-0.2, -0.15) is 9.78 Å². The molecule has 4 rings (SSSR count). The number of carbonyl (C=O) groups is 1. The number of hydrogen-bond donors (Lipinski definition) is 2. The van der Waals surface area contributed by atoms with E-state index >= 15 is 0 Å². The largest absolute Gasteiger partial charge is 0.497 e. The Balaban J connectivity index is 1.68. The second-order valence-electron chi connectivity index (χ2n) is 6.71. The van der Waals surface area contributed by atoms with Crippen molar-refractivity contribution in [2.45, 2.75) is 0 Å². The molecule has 34 heavy (non-hydrogen) atoms. The number of amides is 1. The lowest BCUT2D eigenvalue weighted by atomic mass is 10.1. The number of nitrogen functional groups attached to an aromatic ring is 1. The third kappa shape index (κ3) is 4.34. The maximum Gasteiger partial charge on any atom is 0.294 e. The lowest BCUT2D eigenvalue weighted by Crippen LogP contribution is -2.19. The Kier molecular flexibility index (Phi) is 6.34. The van der Waals surface area contributed by atoms with Crippen molar-refractivity contribution in [1.29, 1.82) is 0 Å². The first kappa shape index (κ1) is 22.3. The highest BCUT2D eigenvalue weighted by atomic mass is 16.6. The molecule has 0 aliphatic heterocycles. The first-order valence-electron chi connectivity index (χ1n) is 9.79. The quantitative estimate of drug-likeness (QED) is 0.289. The second-order valence-corrected chi connectivity index (χ2v) is 6.71. The predicted molar refractivity (Wildman–Crippen MR) is 120 cm³/mol. The van der Waals surface area contributed by atoms with E-state index in [4.69, 9.17) is 19.9 Å². The van der Waals surface area contributed by atoms with Crippen LogP contribution in [0.4, 0.5) is 5.82 Å². The number of ether oxygens (including phenoxy) is 3. The summed E-state index contributed by atoms with van der Waals surface area (Å²) in [5.41, 5.74) is 9.72. The lowest BCUT2D eigenvalue weighted by molar-refractivity contribution is 0.0950. The van der Waals surface area contributed by atoms with E-state index < -0.39 is 5.91 Å². The number of hydrogen-bond acceptors (Lipinski definition) is 11. The van der Waals surface area contributed by atoms with Crippen LogP contribution in [0.2, 0.25) is 0 Å². The molecule has 2 aromatic carbocycles. The number of carbonyl (C=O) groups excluding carboxylic acids is 1. The van der Waals surface area contributed by atoms with Gasteiger partial charge in [0.1, 0.15) is 22.9 Å². The van der Waals surface area contributed by atoms with E-state index in [1.54, 1.807) is 49.6 Å². The van der Waals surface area contributed by atoms with Gasteiger partial charge in [-0.05, 0) is 34.6 Å². The molecule has 4 aromatic rings. The summed E-state index contributed by atoms with van der Waals surface area (Å²) in [5.74, 6) is 1.14. The third-order valence-electron chi connectivity index (χ3n) is 4.74. The number of anilines is 1. The van der Waals surface area contributed by atoms with Crippen LogP contribution in [0.25, 0.3) is 17.1 Å². The maximum absolute atomic E-state index is 13.0. The van der Waals surface area contributed by atoms with E-state index in [-0.39, 0.29) is 23.0 Å². The first-order chi connectivity index (χ1) is 16.5. The molecule has 13 nitrogen and oxygen atoms in total. The van der Waals surface area contributed by atoms with Gasteiger partial charge < -0.3 is 19.9 Å². The van der Waals surface area contributed by atoms with E-state index in [0.29, 0.717) is 28.4 Å². The molecule has 1 amide bonds. The summed E-state index contributed by atoms with van der Waals surface area (Å²) < 4.78 is 21.7. The van der Waals surface area contributed by atoms with Crippen molar-refractivity contribution in [1.82, 2.24) is 30.7 Å². The van der Waals surface area contributed by atoms with Crippen molar-refractivity contribution < 1.29 is 23.6 Å². The molecule has 0 bridgehead atoms. The summed E-state index contributed by atoms with van der Waals surface area (Å²) >= 11 is 0. The summed E-state index contributed by atoms with van der Waals surface area (Å²) in [5, 5.41) is 19.4. The van der Waals surface area contributed by atoms with Crippen LogP contribution in [0.15, 0.2) is 52.2 Å². The number of rotatable bonds is 8. The number of nitrogens with zero attached hydrogens (tertiary/aromatic N) is 6. The zero-order valence-electron chi connectivity index (χ0n) is 18.4. The summed E-state index contributed by atoms with van der Waals surface area (Å²) in [4.78, 5) is 13.0. The third-order valence-corrected chi connectivity index (χ3v) is 4.74. The molecule has 0 radical (unpaired) electrons. The average molecular weight is 464 g/mol. The van der Waals surface area contributed by atoms with E-state index in [2.05, 4.69) is 35.8 Å². The molecule has 0 atom stereocenters. The summed E-state index contributed by atoms with van der Waals surface area (Å²) in [6, 6.07) is 12.2. The van der Waals surface area contributed by atoms with Crippen LogP contribution >= 0.6 is 0 Å². The van der Waals surface area contributed by atoms with Gasteiger partial charge in [0.25, 0.3) is 5.91 Å². The van der Waals surface area contributed by atoms with Gasteiger partial charge in [0.2, 0.25) is 11.6 Å². The average Bonchev–Trinajstić information content (AvgIpc) is 3.50. The minimum Gasteiger partial charge on any atom is -0.497 e. The number of nitrogens with one attached hydrogen (secondary N) is 1. The number of nitrogens with two attached hydrogens (primary N) is 1. The molecule has 174 valence electrons. The Labute approximate surface area is 193 Å². The van der Waals surface area contributed by atoms with Gasteiger partial charge in [0.05, 0.1) is 27.5 Å². The molecular formula is C21H20N8O5. The Morgan fingerprint density at radius 2 is 1.88 bits per heavy atom. The fourth-order valence-corrected chi connectivity index (χ4v) is 3.09. The van der Waals surface area contributed by atoms with Gasteiger partial charge in [-0.3, -0.25) is 4.79 Å². The monoisotopic (exact) mass is 464 g/mol. The normalized spacial score (nSPS) is 10.9. The van der Waals surface area contributed by atoms with Gasteiger partial charge in [-0.15, -0.1) is 5.10 Å². The summed E-state index contributed by atoms with van der Waals surface area (Å²) in [6.45, 7) is 0. The fourth-order valence-electron chi connectivity index (χ4n) is 3.09. The molecule has 0 spiro atoms. The Morgan fingerprint density at radius 1 is 1.09 bits per heavy atom. The van der Waals surface area contributed by atoms with Crippen LogP contribution in [-0.4, -0.2) is 58.8 Å². The van der Waals surface area contributed by atoms with Crippen LogP contribution in [0.1, 0.15) is 16.1 Å². The van der Waals surface area contributed by atoms with Gasteiger partial charge in [-0.1, -0.05) is 17.3 Å². The van der Waals surface area contributed by atoms with Crippen molar-refractivity contribution in [3.8, 4) is 34.3 Å². The van der Waals surface area contributed by atoms with E-state index in [0.717, 1.165) is 0 Å². The molecule has 2 heterocycles. The smallest absolute Gasteiger partial charge is 0.294 e. The number of benzene rings is 2. The van der Waals surface area contributed by atoms with Gasteiger partial charge in [0, 0.05) is 17.2 Å². The molecule has 0 fully saturated rings. The molecular weight excluding hydrogens is 444 g/mol. The molecule has 2 aromatic heterocycles. The zero-order chi connectivity index (χ0) is 24.1. The zero-order valence-corrected chi connectivity index (χ0v) is 18.4. The fraction of sp³-hybridized carbons (Fsp3) is 0.143. The minimum atomic E-state index is -0.622. The molecule has 3 N–H and O–H groups in total. The van der Waals surface area contributed by atoms with Gasteiger partial charge in [0.15, 0.2) is 5.69 Å². The Bertz CT molecular complexity index is 1350. The van der Waals surface area contributed by atoms with Crippen molar-refractivity contribution in [2.24, 2.45) is 5.10 Å². The highest BCUT2D eigenvalue weighted by Gasteiger charge is 2.25. The van der Waals surface area contributed by atoms with Crippen molar-refractivity contribution >= 4 is 17.9 Å². The van der Waals surface area contributed by atoms with Crippen LogP contribution in [0.5, 0.6) is 17.2 Å². The maximum atomic E-state index is 13.0. The molecule has 0 saturated carbocycles. The first-order valence-corrected chi connectivity index (χ1v) is 9.79. The SMILES string of the molecule is COc1cccc(-c2c(C(=O)N/N=C\c3ccc(OC)cc3OC)nnn2-c2nonc2N)c1. The summed E-state index contributed by atoms with van der Waals surface area (Å²) in [6.07, 6.45) is 1.44. The summed E-state index contributed by atoms with van der Waals surface area (Å²) in [7, 11) is 4.61. The van der Waals surface area contributed by atoms with E-state index in [1.807, 2.05) is 0 Å². The lowest BCUT2D eigenvalue weighted by Gasteiger charge is -2.08. The highest BCUT2D eigenvalue weighted by molar-refractivity contribution is 5.99. The van der Waals surface area contributed by atoms with Gasteiger partial charge >= 0.3 is 0 Å². The Morgan fingerprint density at radius 3 is 2.59 bits per heavy atom. The number of hydrazone groups is 1. The van der Waals surface area contributed by atoms with Crippen molar-refractivity contribution in [3.63, 3.8) is 0 Å². The van der Waals surface area contributed by atoms with E-state index in [9.17, 15) is 4.79 Å². The van der Waals surface area contributed by atoms with Crippen LogP contribution < -0.4 is 25.4 Å². The topological polar surface area (TPSA) is 165 Å². The molecule has 0 saturated heterocycles. The molecule has 0 unspecified atom stereocenters. The number of methoxy groups -OCH3 is 3. The van der Waals surface area contributed by atoms with Crippen LogP contribution in [-0.2, 0) is 0 Å². The molecule has 0 aliphatic rings. The van der Waals surface area contributed by atoms with Crippen molar-refractivity contribution in [3.05, 3.63) is 53.7 Å². The van der Waals surface area contributed by atoms with Gasteiger partial charge in [-0.25, -0.2) is 10.1 Å². The predicted octanol–water partition coefficient (Wildman–Crippen LogP) is 1.69. The standard InChI is InChI=1S/C21H20N8O5/c1-31-14-6-4-5-12(9-14)18-17(24-28-29(18)20-19(22)26-34-27-20)21(30)25-23-11-13-7-8-15(32-2)10-16(13)33-3/h4-11H,1-3H3,(H2,22,26)(H,25,30)/b23-11-. The number of aromatic nitrogens is 5. The second kappa shape index (κ2) is 9.68. The minimum absolute atomic E-state index is 0.0226. The molecule has 13 heteroatoms. The van der Waals surface area contributed by atoms with Crippen molar-refractivity contribution in [2.75, 3.05) is 27.1 Å². The molecule has 0 aliphatic carbocycles. The van der Waals surface area contributed by atoms with E-state index in [1.165, 1.54) is 25.1 Å². The van der Waals surface area contributed by atoms with Crippen LogP contribution in [0.3, 0.4) is 0 Å². The highest BCUT2D eigenvalue weighted by Crippen LogP contribution is 2.29.